The van der Waals surface area contributed by atoms with E-state index in [1.54, 1.807) is 24.2 Å². The van der Waals surface area contributed by atoms with Gasteiger partial charge in [0.15, 0.2) is 0 Å². The van der Waals surface area contributed by atoms with E-state index in [1.807, 2.05) is 61.5 Å². The highest BCUT2D eigenvalue weighted by molar-refractivity contribution is 6.31. The van der Waals surface area contributed by atoms with Gasteiger partial charge >= 0.3 is 0 Å². The highest BCUT2D eigenvalue weighted by Gasteiger charge is 2.13. The Balaban J connectivity index is 1.68. The van der Waals surface area contributed by atoms with Crippen molar-refractivity contribution in [2.24, 2.45) is 0 Å². The lowest BCUT2D eigenvalue weighted by Crippen LogP contribution is -2.26. The lowest BCUT2D eigenvalue weighted by Gasteiger charge is -2.17. The van der Waals surface area contributed by atoms with Gasteiger partial charge in [-0.3, -0.25) is 4.79 Å². The Morgan fingerprint density at radius 3 is 2.54 bits per heavy atom. The monoisotopic (exact) mass is 365 g/mol. The molecule has 0 saturated heterocycles. The van der Waals surface area contributed by atoms with Crippen molar-refractivity contribution < 1.29 is 4.79 Å². The average molecular weight is 366 g/mol. The van der Waals surface area contributed by atoms with E-state index in [9.17, 15) is 4.79 Å². The molecule has 1 N–H and O–H groups in total. The first-order valence-corrected chi connectivity index (χ1v) is 8.70. The standard InChI is InChI=1S/C21H20ClN3O/c1-15-18(22)9-6-10-19(15)24-17-11-12-20(23-13-17)21(26)25(2)14-16-7-4-3-5-8-16/h3-13,24H,14H2,1-2H3. The Labute approximate surface area is 158 Å². The summed E-state index contributed by atoms with van der Waals surface area (Å²) in [5, 5.41) is 3.98. The summed E-state index contributed by atoms with van der Waals surface area (Å²) in [6, 6.07) is 19.1. The zero-order valence-electron chi connectivity index (χ0n) is 14.7. The molecule has 26 heavy (non-hydrogen) atoms. The van der Waals surface area contributed by atoms with Crippen LogP contribution in [0.25, 0.3) is 0 Å². The molecule has 0 unspecified atom stereocenters. The predicted molar refractivity (Wildman–Crippen MR) is 106 cm³/mol. The highest BCUT2D eigenvalue weighted by Crippen LogP contribution is 2.25. The number of halogens is 1. The summed E-state index contributed by atoms with van der Waals surface area (Å²) in [4.78, 5) is 18.5. The van der Waals surface area contributed by atoms with E-state index in [-0.39, 0.29) is 5.91 Å². The molecule has 3 rings (SSSR count). The van der Waals surface area contributed by atoms with Crippen LogP contribution in [0.5, 0.6) is 0 Å². The van der Waals surface area contributed by atoms with Gasteiger partial charge in [-0.05, 0) is 42.3 Å². The number of rotatable bonds is 5. The summed E-state index contributed by atoms with van der Waals surface area (Å²) < 4.78 is 0. The molecular formula is C21H20ClN3O. The summed E-state index contributed by atoms with van der Waals surface area (Å²) in [6.45, 7) is 2.50. The van der Waals surface area contributed by atoms with E-state index in [2.05, 4.69) is 10.3 Å². The maximum Gasteiger partial charge on any atom is 0.272 e. The Bertz CT molecular complexity index is 895. The zero-order chi connectivity index (χ0) is 18.5. The third-order valence-electron chi connectivity index (χ3n) is 4.14. The second-order valence-corrected chi connectivity index (χ2v) is 6.52. The molecule has 132 valence electrons. The Morgan fingerprint density at radius 2 is 1.85 bits per heavy atom. The van der Waals surface area contributed by atoms with Gasteiger partial charge < -0.3 is 10.2 Å². The van der Waals surface area contributed by atoms with Crippen molar-refractivity contribution in [3.05, 3.63) is 88.7 Å². The number of carbonyl (C=O) groups excluding carboxylic acids is 1. The largest absolute Gasteiger partial charge is 0.354 e. The summed E-state index contributed by atoms with van der Waals surface area (Å²) in [5.74, 6) is -0.112. The number of benzene rings is 2. The number of carbonyl (C=O) groups is 1. The maximum atomic E-state index is 12.5. The van der Waals surface area contributed by atoms with Gasteiger partial charge in [-0.25, -0.2) is 4.98 Å². The van der Waals surface area contributed by atoms with Crippen LogP contribution in [0.1, 0.15) is 21.6 Å². The van der Waals surface area contributed by atoms with E-state index >= 15 is 0 Å². The zero-order valence-corrected chi connectivity index (χ0v) is 15.5. The predicted octanol–water partition coefficient (Wildman–Crippen LogP) is 5.06. The Hall–Kier alpha value is -2.85. The van der Waals surface area contributed by atoms with Gasteiger partial charge in [-0.1, -0.05) is 48.0 Å². The van der Waals surface area contributed by atoms with Crippen LogP contribution in [0.4, 0.5) is 11.4 Å². The van der Waals surface area contributed by atoms with E-state index in [1.165, 1.54) is 0 Å². The summed E-state index contributed by atoms with van der Waals surface area (Å²) in [5.41, 5.74) is 4.18. The number of nitrogens with zero attached hydrogens (tertiary/aromatic N) is 2. The third kappa shape index (κ3) is 4.21. The fraction of sp³-hybridized carbons (Fsp3) is 0.143. The van der Waals surface area contributed by atoms with Crippen molar-refractivity contribution in [1.29, 1.82) is 0 Å². The Kier molecular flexibility index (Phi) is 5.54. The minimum atomic E-state index is -0.112. The number of anilines is 2. The minimum absolute atomic E-state index is 0.112. The first kappa shape index (κ1) is 18.0. The smallest absolute Gasteiger partial charge is 0.272 e. The first-order valence-electron chi connectivity index (χ1n) is 8.32. The second-order valence-electron chi connectivity index (χ2n) is 6.12. The van der Waals surface area contributed by atoms with Crippen LogP contribution in [0.15, 0.2) is 66.9 Å². The van der Waals surface area contributed by atoms with Gasteiger partial charge in [0, 0.05) is 24.3 Å². The molecule has 0 aliphatic carbocycles. The molecule has 5 heteroatoms. The molecule has 0 atom stereocenters. The van der Waals surface area contributed by atoms with Crippen LogP contribution in [-0.4, -0.2) is 22.8 Å². The number of aromatic nitrogens is 1. The molecule has 4 nitrogen and oxygen atoms in total. The molecule has 2 aromatic carbocycles. The van der Waals surface area contributed by atoms with E-state index in [0.29, 0.717) is 17.3 Å². The molecule has 0 bridgehead atoms. The van der Waals surface area contributed by atoms with E-state index in [4.69, 9.17) is 11.6 Å². The van der Waals surface area contributed by atoms with Crippen LogP contribution in [0.3, 0.4) is 0 Å². The highest BCUT2D eigenvalue weighted by atomic mass is 35.5. The van der Waals surface area contributed by atoms with Gasteiger partial charge in [-0.15, -0.1) is 0 Å². The lowest BCUT2D eigenvalue weighted by atomic mass is 10.2. The van der Waals surface area contributed by atoms with Crippen molar-refractivity contribution in [2.45, 2.75) is 13.5 Å². The van der Waals surface area contributed by atoms with Crippen LogP contribution < -0.4 is 5.32 Å². The van der Waals surface area contributed by atoms with Gasteiger partial charge in [-0.2, -0.15) is 0 Å². The molecule has 1 heterocycles. The second kappa shape index (κ2) is 8.02. The van der Waals surface area contributed by atoms with E-state index < -0.39 is 0 Å². The SMILES string of the molecule is Cc1c(Cl)cccc1Nc1ccc(C(=O)N(C)Cc2ccccc2)nc1. The van der Waals surface area contributed by atoms with Crippen molar-refractivity contribution in [2.75, 3.05) is 12.4 Å². The minimum Gasteiger partial charge on any atom is -0.354 e. The maximum absolute atomic E-state index is 12.5. The van der Waals surface area contributed by atoms with Crippen LogP contribution in [0.2, 0.25) is 5.02 Å². The molecule has 0 radical (unpaired) electrons. The van der Waals surface area contributed by atoms with Gasteiger partial charge in [0.25, 0.3) is 5.91 Å². The van der Waals surface area contributed by atoms with Crippen LogP contribution in [-0.2, 0) is 6.54 Å². The third-order valence-corrected chi connectivity index (χ3v) is 4.55. The van der Waals surface area contributed by atoms with Gasteiger partial charge in [0.05, 0.1) is 11.9 Å². The molecule has 0 spiro atoms. The molecule has 0 saturated carbocycles. The number of nitrogens with one attached hydrogen (secondary N) is 1. The van der Waals surface area contributed by atoms with E-state index in [0.717, 1.165) is 22.5 Å². The van der Waals surface area contributed by atoms with Crippen LogP contribution in [0, 0.1) is 6.92 Å². The first-order chi connectivity index (χ1) is 12.5. The lowest BCUT2D eigenvalue weighted by molar-refractivity contribution is 0.0779. The van der Waals surface area contributed by atoms with Crippen LogP contribution >= 0.6 is 11.6 Å². The number of amides is 1. The fourth-order valence-electron chi connectivity index (χ4n) is 2.62. The van der Waals surface area contributed by atoms with Crippen molar-refractivity contribution in [3.8, 4) is 0 Å². The molecule has 1 amide bonds. The molecule has 0 aliphatic heterocycles. The molecule has 1 aromatic heterocycles. The van der Waals surface area contributed by atoms with Crippen molar-refractivity contribution in [3.63, 3.8) is 0 Å². The Morgan fingerprint density at radius 1 is 1.08 bits per heavy atom. The van der Waals surface area contributed by atoms with Crippen molar-refractivity contribution >= 4 is 28.9 Å². The summed E-state index contributed by atoms with van der Waals surface area (Å²) >= 11 is 6.14. The molecular weight excluding hydrogens is 346 g/mol. The molecule has 3 aromatic rings. The molecule has 0 fully saturated rings. The normalized spacial score (nSPS) is 10.4. The molecule has 0 aliphatic rings. The number of hydrogen-bond donors (Lipinski definition) is 1. The van der Waals surface area contributed by atoms with Gasteiger partial charge in [0.2, 0.25) is 0 Å². The quantitative estimate of drug-likeness (QED) is 0.687. The number of pyridine rings is 1. The van der Waals surface area contributed by atoms with Gasteiger partial charge in [0.1, 0.15) is 5.69 Å². The van der Waals surface area contributed by atoms with Crippen molar-refractivity contribution in [1.82, 2.24) is 9.88 Å². The topological polar surface area (TPSA) is 45.2 Å². The average Bonchev–Trinajstić information content (AvgIpc) is 2.66. The summed E-state index contributed by atoms with van der Waals surface area (Å²) in [7, 11) is 1.78. The fourth-order valence-corrected chi connectivity index (χ4v) is 2.79. The number of hydrogen-bond acceptors (Lipinski definition) is 3. The summed E-state index contributed by atoms with van der Waals surface area (Å²) in [6.07, 6.45) is 1.66.